The van der Waals surface area contributed by atoms with E-state index in [0.29, 0.717) is 12.3 Å². The van der Waals surface area contributed by atoms with E-state index in [0.717, 1.165) is 22.4 Å². The van der Waals surface area contributed by atoms with Gasteiger partial charge < -0.3 is 14.2 Å². The Labute approximate surface area is 208 Å². The van der Waals surface area contributed by atoms with Crippen LogP contribution in [0.1, 0.15) is 23.0 Å². The molecule has 4 aromatic rings. The molecule has 0 aliphatic rings. The summed E-state index contributed by atoms with van der Waals surface area (Å²) in [5, 5.41) is 13.2. The second-order valence-electron chi connectivity index (χ2n) is 7.67. The highest BCUT2D eigenvalue weighted by Crippen LogP contribution is 2.29. The van der Waals surface area contributed by atoms with Gasteiger partial charge in [0.1, 0.15) is 11.5 Å². The minimum absolute atomic E-state index is 0.0342. The molecule has 0 atom stereocenters. The van der Waals surface area contributed by atoms with Crippen molar-refractivity contribution in [3.63, 3.8) is 0 Å². The standard InChI is InChI=1S/C25H24N4O6S/c1-3-34-25(30)23-24(29(28-27-23)16-17-4-10-20(33-2)11-5-17)35-21-12-6-18(7-13-21)19-8-14-22(15-9-19)36(26,31)32/h4-15H,3,16H2,1-2H3,(H2,26,31,32). The lowest BCUT2D eigenvalue weighted by Crippen LogP contribution is -2.11. The topological polar surface area (TPSA) is 136 Å². The molecule has 0 bridgehead atoms. The van der Waals surface area contributed by atoms with Gasteiger partial charge in [0.25, 0.3) is 5.88 Å². The third-order valence-electron chi connectivity index (χ3n) is 5.23. The van der Waals surface area contributed by atoms with E-state index in [4.69, 9.17) is 19.3 Å². The fourth-order valence-electron chi connectivity index (χ4n) is 3.40. The Morgan fingerprint density at radius 2 is 1.50 bits per heavy atom. The minimum Gasteiger partial charge on any atom is -0.497 e. The van der Waals surface area contributed by atoms with Crippen molar-refractivity contribution in [2.75, 3.05) is 13.7 Å². The summed E-state index contributed by atoms with van der Waals surface area (Å²) in [6, 6.07) is 20.7. The first-order chi connectivity index (χ1) is 17.3. The van der Waals surface area contributed by atoms with Crippen LogP contribution in [0.25, 0.3) is 11.1 Å². The van der Waals surface area contributed by atoms with E-state index in [9.17, 15) is 13.2 Å². The smallest absolute Gasteiger partial charge is 0.364 e. The van der Waals surface area contributed by atoms with Gasteiger partial charge in [-0.25, -0.2) is 23.0 Å². The van der Waals surface area contributed by atoms with Crippen molar-refractivity contribution in [1.82, 2.24) is 15.0 Å². The van der Waals surface area contributed by atoms with Crippen LogP contribution in [0, 0.1) is 0 Å². The third-order valence-corrected chi connectivity index (χ3v) is 6.16. The molecule has 0 saturated heterocycles. The van der Waals surface area contributed by atoms with Gasteiger partial charge in [0.15, 0.2) is 0 Å². The van der Waals surface area contributed by atoms with Gasteiger partial charge in [-0.1, -0.05) is 41.6 Å². The molecule has 3 aromatic carbocycles. The zero-order valence-electron chi connectivity index (χ0n) is 19.6. The normalized spacial score (nSPS) is 11.2. The largest absolute Gasteiger partial charge is 0.497 e. The van der Waals surface area contributed by atoms with Gasteiger partial charge in [0, 0.05) is 0 Å². The molecule has 0 unspecified atom stereocenters. The number of hydrogen-bond acceptors (Lipinski definition) is 8. The minimum atomic E-state index is -3.76. The Morgan fingerprint density at radius 1 is 0.917 bits per heavy atom. The molecule has 0 aliphatic heterocycles. The molecular formula is C25H24N4O6S. The van der Waals surface area contributed by atoms with E-state index >= 15 is 0 Å². The molecule has 0 aliphatic carbocycles. The van der Waals surface area contributed by atoms with Crippen molar-refractivity contribution in [3.8, 4) is 28.5 Å². The Kier molecular flexibility index (Phi) is 7.32. The van der Waals surface area contributed by atoms with E-state index in [1.165, 1.54) is 16.8 Å². The van der Waals surface area contributed by atoms with Crippen molar-refractivity contribution in [3.05, 3.63) is 84.1 Å². The molecule has 1 aromatic heterocycles. The highest BCUT2D eigenvalue weighted by atomic mass is 32.2. The number of nitrogens with two attached hydrogens (primary N) is 1. The number of benzene rings is 3. The number of methoxy groups -OCH3 is 1. The molecule has 0 radical (unpaired) electrons. The predicted octanol–water partition coefficient (Wildman–Crippen LogP) is 3.62. The molecule has 10 nitrogen and oxygen atoms in total. The lowest BCUT2D eigenvalue weighted by atomic mass is 10.1. The Balaban J connectivity index is 1.59. The molecule has 0 saturated carbocycles. The van der Waals surface area contributed by atoms with Gasteiger partial charge >= 0.3 is 5.97 Å². The second kappa shape index (κ2) is 10.6. The first-order valence-electron chi connectivity index (χ1n) is 10.9. The third kappa shape index (κ3) is 5.70. The zero-order chi connectivity index (χ0) is 25.7. The first kappa shape index (κ1) is 24.9. The van der Waals surface area contributed by atoms with Crippen LogP contribution >= 0.6 is 0 Å². The number of aromatic nitrogens is 3. The molecule has 0 spiro atoms. The van der Waals surface area contributed by atoms with Gasteiger partial charge in [-0.05, 0) is 60.0 Å². The van der Waals surface area contributed by atoms with Crippen LogP contribution in [-0.2, 0) is 21.3 Å². The maximum absolute atomic E-state index is 12.5. The number of hydrogen-bond donors (Lipinski definition) is 1. The van der Waals surface area contributed by atoms with Gasteiger partial charge in [-0.3, -0.25) is 0 Å². The molecule has 186 valence electrons. The van der Waals surface area contributed by atoms with Crippen LogP contribution in [0.3, 0.4) is 0 Å². The Hall–Kier alpha value is -4.22. The summed E-state index contributed by atoms with van der Waals surface area (Å²) in [7, 11) is -2.17. The summed E-state index contributed by atoms with van der Waals surface area (Å²) in [6.45, 7) is 2.19. The number of carbonyl (C=O) groups excluding carboxylic acids is 1. The van der Waals surface area contributed by atoms with Crippen molar-refractivity contribution in [2.45, 2.75) is 18.4 Å². The average Bonchev–Trinajstić information content (AvgIpc) is 3.26. The molecular weight excluding hydrogens is 484 g/mol. The van der Waals surface area contributed by atoms with Crippen LogP contribution in [0.15, 0.2) is 77.7 Å². The lowest BCUT2D eigenvalue weighted by Gasteiger charge is -2.11. The van der Waals surface area contributed by atoms with Crippen molar-refractivity contribution in [2.24, 2.45) is 5.14 Å². The van der Waals surface area contributed by atoms with E-state index in [-0.39, 0.29) is 23.1 Å². The molecule has 0 amide bonds. The lowest BCUT2D eigenvalue weighted by molar-refractivity contribution is 0.0516. The summed E-state index contributed by atoms with van der Waals surface area (Å²) in [6.07, 6.45) is 0. The van der Waals surface area contributed by atoms with Gasteiger partial charge in [-0.2, -0.15) is 0 Å². The number of rotatable bonds is 9. The molecule has 0 fully saturated rings. The van der Waals surface area contributed by atoms with Gasteiger partial charge in [0.05, 0.1) is 25.2 Å². The molecule has 1 heterocycles. The molecule has 11 heteroatoms. The summed E-state index contributed by atoms with van der Waals surface area (Å²) in [4.78, 5) is 12.5. The highest BCUT2D eigenvalue weighted by molar-refractivity contribution is 7.89. The number of esters is 1. The summed E-state index contributed by atoms with van der Waals surface area (Å²) < 4.78 is 40.8. The summed E-state index contributed by atoms with van der Waals surface area (Å²) >= 11 is 0. The van der Waals surface area contributed by atoms with Crippen LogP contribution in [-0.4, -0.2) is 43.1 Å². The maximum atomic E-state index is 12.5. The molecule has 4 rings (SSSR count). The van der Waals surface area contributed by atoms with E-state index < -0.39 is 16.0 Å². The van der Waals surface area contributed by atoms with E-state index in [1.807, 2.05) is 36.4 Å². The molecule has 36 heavy (non-hydrogen) atoms. The predicted molar refractivity (Wildman–Crippen MR) is 131 cm³/mol. The number of sulfonamides is 1. The quantitative estimate of drug-likeness (QED) is 0.339. The zero-order valence-corrected chi connectivity index (χ0v) is 20.4. The number of ether oxygens (including phenoxy) is 3. The Morgan fingerprint density at radius 3 is 2.06 bits per heavy atom. The van der Waals surface area contributed by atoms with E-state index in [2.05, 4.69) is 10.3 Å². The van der Waals surface area contributed by atoms with Crippen molar-refractivity contribution in [1.29, 1.82) is 0 Å². The maximum Gasteiger partial charge on any atom is 0.364 e. The highest BCUT2D eigenvalue weighted by Gasteiger charge is 2.23. The SMILES string of the molecule is CCOC(=O)c1nnn(Cc2ccc(OC)cc2)c1Oc1ccc(-c2ccc(S(N)(=O)=O)cc2)cc1. The summed E-state index contributed by atoms with van der Waals surface area (Å²) in [5.74, 6) is 0.679. The van der Waals surface area contributed by atoms with Crippen LogP contribution in [0.2, 0.25) is 0 Å². The monoisotopic (exact) mass is 508 g/mol. The van der Waals surface area contributed by atoms with Gasteiger partial charge in [-0.15, -0.1) is 5.10 Å². The fraction of sp³-hybridized carbons (Fsp3) is 0.160. The number of nitrogens with zero attached hydrogens (tertiary/aromatic N) is 3. The van der Waals surface area contributed by atoms with Crippen molar-refractivity contribution >= 4 is 16.0 Å². The molecule has 2 N–H and O–H groups in total. The number of carbonyl (C=O) groups is 1. The van der Waals surface area contributed by atoms with E-state index in [1.54, 1.807) is 38.3 Å². The first-order valence-corrected chi connectivity index (χ1v) is 12.5. The Bertz CT molecular complexity index is 1450. The van der Waals surface area contributed by atoms with Crippen LogP contribution < -0.4 is 14.6 Å². The fourth-order valence-corrected chi connectivity index (χ4v) is 3.92. The number of primary sulfonamides is 1. The second-order valence-corrected chi connectivity index (χ2v) is 9.23. The van der Waals surface area contributed by atoms with Crippen molar-refractivity contribution < 1.29 is 27.4 Å². The summed E-state index contributed by atoms with van der Waals surface area (Å²) in [5.41, 5.74) is 2.50. The van der Waals surface area contributed by atoms with Crippen LogP contribution in [0.4, 0.5) is 0 Å². The average molecular weight is 509 g/mol. The van der Waals surface area contributed by atoms with Crippen LogP contribution in [0.5, 0.6) is 17.4 Å². The van der Waals surface area contributed by atoms with Gasteiger partial charge in [0.2, 0.25) is 15.7 Å².